The van der Waals surface area contributed by atoms with Crippen LogP contribution in [0.1, 0.15) is 19.4 Å². The highest BCUT2D eigenvalue weighted by Gasteiger charge is 1.95. The largest absolute Gasteiger partial charge is 0.357 e. The molecule has 2 nitrogen and oxygen atoms in total. The lowest BCUT2D eigenvalue weighted by molar-refractivity contribution is 0.724. The molecule has 1 N–H and O–H groups in total. The van der Waals surface area contributed by atoms with Crippen LogP contribution >= 0.6 is 11.8 Å². The molecule has 1 aromatic rings. The molecular formula is C12H22N2S. The molecule has 3 heteroatoms. The lowest BCUT2D eigenvalue weighted by atomic mass is 10.3. The predicted octanol–water partition coefficient (Wildman–Crippen LogP) is 2.50. The summed E-state index contributed by atoms with van der Waals surface area (Å²) in [6.07, 6.45) is 4.25. The van der Waals surface area contributed by atoms with E-state index in [1.165, 1.54) is 17.1 Å². The molecule has 0 aliphatic rings. The van der Waals surface area contributed by atoms with Crippen molar-refractivity contribution < 1.29 is 0 Å². The Kier molecular flexibility index (Phi) is 5.88. The van der Waals surface area contributed by atoms with E-state index < -0.39 is 0 Å². The van der Waals surface area contributed by atoms with Crippen LogP contribution < -0.4 is 5.32 Å². The predicted molar refractivity (Wildman–Crippen MR) is 69.3 cm³/mol. The van der Waals surface area contributed by atoms with Crippen molar-refractivity contribution in [2.45, 2.75) is 20.4 Å². The second-order valence-electron chi connectivity index (χ2n) is 4.33. The summed E-state index contributed by atoms with van der Waals surface area (Å²) in [6, 6.07) is 2.16. The van der Waals surface area contributed by atoms with Gasteiger partial charge < -0.3 is 9.88 Å². The first-order chi connectivity index (χ1) is 7.18. The Balaban J connectivity index is 1.98. The van der Waals surface area contributed by atoms with Gasteiger partial charge in [-0.25, -0.2) is 0 Å². The minimum atomic E-state index is 0.809. The van der Waals surface area contributed by atoms with Gasteiger partial charge in [-0.15, -0.1) is 0 Å². The van der Waals surface area contributed by atoms with Crippen LogP contribution in [0, 0.1) is 5.92 Å². The van der Waals surface area contributed by atoms with Crippen molar-refractivity contribution in [2.75, 3.05) is 18.1 Å². The van der Waals surface area contributed by atoms with E-state index in [0.717, 1.165) is 19.0 Å². The quantitative estimate of drug-likeness (QED) is 0.720. The van der Waals surface area contributed by atoms with Crippen LogP contribution in [0.15, 0.2) is 18.5 Å². The van der Waals surface area contributed by atoms with Crippen LogP contribution in [0.4, 0.5) is 0 Å². The normalized spacial score (nSPS) is 11.2. The van der Waals surface area contributed by atoms with Crippen molar-refractivity contribution in [3.8, 4) is 0 Å². The molecule has 15 heavy (non-hydrogen) atoms. The van der Waals surface area contributed by atoms with E-state index in [9.17, 15) is 0 Å². The Morgan fingerprint density at radius 1 is 1.47 bits per heavy atom. The van der Waals surface area contributed by atoms with E-state index in [1.54, 1.807) is 0 Å². The average Bonchev–Trinajstić information content (AvgIpc) is 2.57. The number of hydrogen-bond donors (Lipinski definition) is 1. The van der Waals surface area contributed by atoms with Gasteiger partial charge >= 0.3 is 0 Å². The standard InChI is InChI=1S/C12H22N2S/c1-11(2)10-15-7-5-13-8-12-4-6-14(3)9-12/h4,6,9,11,13H,5,7-8,10H2,1-3H3. The molecule has 0 amide bonds. The monoisotopic (exact) mass is 226 g/mol. The van der Waals surface area contributed by atoms with E-state index in [1.807, 2.05) is 11.8 Å². The molecule has 0 aliphatic heterocycles. The SMILES string of the molecule is CC(C)CSCCNCc1ccn(C)c1. The minimum Gasteiger partial charge on any atom is -0.357 e. The first-order valence-corrected chi connectivity index (χ1v) is 6.73. The van der Waals surface area contributed by atoms with Crippen LogP contribution in [0.3, 0.4) is 0 Å². The van der Waals surface area contributed by atoms with Gasteiger partial charge in [-0.2, -0.15) is 11.8 Å². The van der Waals surface area contributed by atoms with Crippen LogP contribution in [0.2, 0.25) is 0 Å². The van der Waals surface area contributed by atoms with Gasteiger partial charge in [0.25, 0.3) is 0 Å². The second kappa shape index (κ2) is 6.96. The number of rotatable bonds is 7. The molecular weight excluding hydrogens is 204 g/mol. The Bertz CT molecular complexity index is 268. The fourth-order valence-electron chi connectivity index (χ4n) is 1.36. The highest BCUT2D eigenvalue weighted by Crippen LogP contribution is 2.06. The maximum absolute atomic E-state index is 3.45. The molecule has 0 saturated carbocycles. The average molecular weight is 226 g/mol. The molecule has 86 valence electrons. The number of aromatic nitrogens is 1. The first-order valence-electron chi connectivity index (χ1n) is 5.58. The van der Waals surface area contributed by atoms with Crippen LogP contribution in [0.5, 0.6) is 0 Å². The van der Waals surface area contributed by atoms with Crippen molar-refractivity contribution in [3.05, 3.63) is 24.0 Å². The summed E-state index contributed by atoms with van der Waals surface area (Å²) in [4.78, 5) is 0. The zero-order chi connectivity index (χ0) is 11.1. The molecule has 0 atom stereocenters. The summed E-state index contributed by atoms with van der Waals surface area (Å²) in [6.45, 7) is 6.63. The van der Waals surface area contributed by atoms with Crippen molar-refractivity contribution in [1.29, 1.82) is 0 Å². The number of thioether (sulfide) groups is 1. The van der Waals surface area contributed by atoms with E-state index in [-0.39, 0.29) is 0 Å². The van der Waals surface area contributed by atoms with Crippen LogP contribution in [-0.4, -0.2) is 22.6 Å². The highest BCUT2D eigenvalue weighted by atomic mass is 32.2. The molecule has 0 unspecified atom stereocenters. The molecule has 0 spiro atoms. The summed E-state index contributed by atoms with van der Waals surface area (Å²) in [5.74, 6) is 3.29. The topological polar surface area (TPSA) is 17.0 Å². The van der Waals surface area contributed by atoms with Crippen molar-refractivity contribution in [2.24, 2.45) is 13.0 Å². The second-order valence-corrected chi connectivity index (χ2v) is 5.48. The minimum absolute atomic E-state index is 0.809. The molecule has 0 fully saturated rings. The third-order valence-electron chi connectivity index (χ3n) is 2.10. The lowest BCUT2D eigenvalue weighted by Gasteiger charge is -2.05. The van der Waals surface area contributed by atoms with Crippen molar-refractivity contribution >= 4 is 11.8 Å². The summed E-state index contributed by atoms with van der Waals surface area (Å²) in [5, 5.41) is 3.45. The summed E-state index contributed by atoms with van der Waals surface area (Å²) < 4.78 is 2.09. The van der Waals surface area contributed by atoms with Crippen LogP contribution in [-0.2, 0) is 13.6 Å². The Hall–Kier alpha value is -0.410. The van der Waals surface area contributed by atoms with Gasteiger partial charge in [0.1, 0.15) is 0 Å². The number of aryl methyl sites for hydroxylation is 1. The number of nitrogens with zero attached hydrogens (tertiary/aromatic N) is 1. The molecule has 1 aromatic heterocycles. The summed E-state index contributed by atoms with van der Waals surface area (Å²) in [5.41, 5.74) is 1.37. The molecule has 1 rings (SSSR count). The Morgan fingerprint density at radius 3 is 2.87 bits per heavy atom. The maximum atomic E-state index is 3.45. The molecule has 0 radical (unpaired) electrons. The van der Waals surface area contributed by atoms with E-state index >= 15 is 0 Å². The smallest absolute Gasteiger partial charge is 0.0220 e. The van der Waals surface area contributed by atoms with Gasteiger partial charge in [-0.3, -0.25) is 0 Å². The van der Waals surface area contributed by atoms with E-state index in [2.05, 4.69) is 49.2 Å². The Labute approximate surface area is 97.4 Å². The van der Waals surface area contributed by atoms with Gasteiger partial charge in [0, 0.05) is 38.3 Å². The Morgan fingerprint density at radius 2 is 2.27 bits per heavy atom. The zero-order valence-electron chi connectivity index (χ0n) is 9.99. The fraction of sp³-hybridized carbons (Fsp3) is 0.667. The molecule has 0 aliphatic carbocycles. The third kappa shape index (κ3) is 5.90. The first kappa shape index (κ1) is 12.7. The maximum Gasteiger partial charge on any atom is 0.0220 e. The molecule has 1 heterocycles. The number of hydrogen-bond acceptors (Lipinski definition) is 2. The lowest BCUT2D eigenvalue weighted by Crippen LogP contribution is -2.16. The van der Waals surface area contributed by atoms with Crippen molar-refractivity contribution in [1.82, 2.24) is 9.88 Å². The molecule has 0 aromatic carbocycles. The van der Waals surface area contributed by atoms with E-state index in [4.69, 9.17) is 0 Å². The van der Waals surface area contributed by atoms with Gasteiger partial charge in [-0.1, -0.05) is 13.8 Å². The van der Waals surface area contributed by atoms with Gasteiger partial charge in [0.2, 0.25) is 0 Å². The third-order valence-corrected chi connectivity index (χ3v) is 3.49. The van der Waals surface area contributed by atoms with Crippen LogP contribution in [0.25, 0.3) is 0 Å². The molecule has 0 bridgehead atoms. The van der Waals surface area contributed by atoms with Gasteiger partial charge in [0.15, 0.2) is 0 Å². The van der Waals surface area contributed by atoms with Gasteiger partial charge in [-0.05, 0) is 23.3 Å². The molecule has 0 saturated heterocycles. The van der Waals surface area contributed by atoms with Crippen molar-refractivity contribution in [3.63, 3.8) is 0 Å². The fourth-order valence-corrected chi connectivity index (χ4v) is 2.29. The summed E-state index contributed by atoms with van der Waals surface area (Å²) >= 11 is 2.03. The zero-order valence-corrected chi connectivity index (χ0v) is 10.8. The summed E-state index contributed by atoms with van der Waals surface area (Å²) in [7, 11) is 2.06. The highest BCUT2D eigenvalue weighted by molar-refractivity contribution is 7.99. The van der Waals surface area contributed by atoms with E-state index in [0.29, 0.717) is 0 Å². The number of nitrogens with one attached hydrogen (secondary N) is 1. The van der Waals surface area contributed by atoms with Gasteiger partial charge in [0.05, 0.1) is 0 Å².